The van der Waals surface area contributed by atoms with Crippen molar-refractivity contribution in [1.82, 2.24) is 10.3 Å². The lowest BCUT2D eigenvalue weighted by Gasteiger charge is -2.14. The highest BCUT2D eigenvalue weighted by Gasteiger charge is 2.10. The van der Waals surface area contributed by atoms with Crippen LogP contribution in [0, 0.1) is 5.82 Å². The fourth-order valence-corrected chi connectivity index (χ4v) is 4.13. The first-order chi connectivity index (χ1) is 15.3. The van der Waals surface area contributed by atoms with Crippen molar-refractivity contribution < 1.29 is 22.7 Å². The van der Waals surface area contributed by atoms with Gasteiger partial charge in [0.25, 0.3) is 0 Å². The van der Waals surface area contributed by atoms with Crippen LogP contribution in [-0.2, 0) is 10.0 Å². The maximum atomic E-state index is 13.4. The second-order valence-electron chi connectivity index (χ2n) is 7.59. The molecule has 176 valence electrons. The molecule has 0 radical (unpaired) electrons. The molecule has 0 aliphatic carbocycles. The van der Waals surface area contributed by atoms with Gasteiger partial charge >= 0.3 is 0 Å². The molecule has 0 saturated carbocycles. The molecule has 1 unspecified atom stereocenters. The Morgan fingerprint density at radius 2 is 1.79 bits per heavy atom. The highest BCUT2D eigenvalue weighted by atomic mass is 35.5. The smallest absolute Gasteiger partial charge is 0.229 e. The Morgan fingerprint density at radius 3 is 2.55 bits per heavy atom. The van der Waals surface area contributed by atoms with Gasteiger partial charge < -0.3 is 20.1 Å². The first-order valence-electron chi connectivity index (χ1n) is 10.1. The maximum absolute atomic E-state index is 13.4. The SMILES string of the molecule is CS(=O)(=O)Nc1cccc(C(O)CNCCOc2ccc3c(c2)[nH]c2cc(F)ccc23)c1.Cl. The Bertz CT molecular complexity index is 1360. The number of hydrogen-bond donors (Lipinski definition) is 4. The molecule has 4 aromatic rings. The van der Waals surface area contributed by atoms with E-state index >= 15 is 0 Å². The van der Waals surface area contributed by atoms with E-state index < -0.39 is 16.1 Å². The fraction of sp³-hybridized carbons (Fsp3) is 0.217. The van der Waals surface area contributed by atoms with E-state index in [0.29, 0.717) is 30.2 Å². The number of sulfonamides is 1. The highest BCUT2D eigenvalue weighted by Crippen LogP contribution is 2.28. The predicted molar refractivity (Wildman–Crippen MR) is 131 cm³/mol. The van der Waals surface area contributed by atoms with Crippen LogP contribution in [0.4, 0.5) is 10.1 Å². The van der Waals surface area contributed by atoms with Gasteiger partial charge in [0.2, 0.25) is 10.0 Å². The van der Waals surface area contributed by atoms with Crippen LogP contribution >= 0.6 is 12.4 Å². The van der Waals surface area contributed by atoms with Crippen LogP contribution in [0.15, 0.2) is 60.7 Å². The zero-order valence-electron chi connectivity index (χ0n) is 17.8. The number of nitrogens with one attached hydrogen (secondary N) is 3. The Morgan fingerprint density at radius 1 is 1.06 bits per heavy atom. The van der Waals surface area contributed by atoms with Crippen molar-refractivity contribution in [2.24, 2.45) is 0 Å². The van der Waals surface area contributed by atoms with Gasteiger partial charge in [-0.1, -0.05) is 12.1 Å². The monoisotopic (exact) mass is 493 g/mol. The molecular weight excluding hydrogens is 469 g/mol. The number of H-pyrrole nitrogens is 1. The number of anilines is 1. The third-order valence-corrected chi connectivity index (χ3v) is 5.60. The van der Waals surface area contributed by atoms with E-state index in [-0.39, 0.29) is 24.8 Å². The van der Waals surface area contributed by atoms with Gasteiger partial charge in [0.15, 0.2) is 0 Å². The molecule has 4 N–H and O–H groups in total. The number of fused-ring (bicyclic) bond motifs is 3. The van der Waals surface area contributed by atoms with Crippen LogP contribution in [0.25, 0.3) is 21.8 Å². The predicted octanol–water partition coefficient (Wildman–Crippen LogP) is 3.96. The van der Waals surface area contributed by atoms with E-state index in [1.165, 1.54) is 12.1 Å². The number of aliphatic hydroxyl groups is 1. The van der Waals surface area contributed by atoms with Crippen LogP contribution in [0.3, 0.4) is 0 Å². The number of aromatic amines is 1. The Hall–Kier alpha value is -2.85. The summed E-state index contributed by atoms with van der Waals surface area (Å²) >= 11 is 0. The van der Waals surface area contributed by atoms with Gasteiger partial charge in [-0.15, -0.1) is 12.4 Å². The van der Waals surface area contributed by atoms with Crippen LogP contribution in [-0.4, -0.2) is 44.5 Å². The molecule has 33 heavy (non-hydrogen) atoms. The highest BCUT2D eigenvalue weighted by molar-refractivity contribution is 7.92. The van der Waals surface area contributed by atoms with Crippen molar-refractivity contribution in [2.45, 2.75) is 6.10 Å². The van der Waals surface area contributed by atoms with Gasteiger partial charge in [0.1, 0.15) is 18.2 Å². The number of aromatic nitrogens is 1. The molecule has 0 spiro atoms. The van der Waals surface area contributed by atoms with E-state index in [1.807, 2.05) is 18.2 Å². The largest absolute Gasteiger partial charge is 0.492 e. The quantitative estimate of drug-likeness (QED) is 0.264. The summed E-state index contributed by atoms with van der Waals surface area (Å²) in [5.74, 6) is 0.401. The van der Waals surface area contributed by atoms with E-state index in [2.05, 4.69) is 15.0 Å². The van der Waals surface area contributed by atoms with Gasteiger partial charge in [-0.05, 0) is 48.0 Å². The number of rotatable bonds is 9. The lowest BCUT2D eigenvalue weighted by Crippen LogP contribution is -2.26. The van der Waals surface area contributed by atoms with Crippen molar-refractivity contribution >= 4 is 49.9 Å². The van der Waals surface area contributed by atoms with Gasteiger partial charge in [0.05, 0.1) is 17.9 Å². The molecule has 0 bridgehead atoms. The number of ether oxygens (including phenoxy) is 1. The first kappa shape index (κ1) is 24.8. The summed E-state index contributed by atoms with van der Waals surface area (Å²) in [6, 6.07) is 17.0. The molecule has 0 amide bonds. The summed E-state index contributed by atoms with van der Waals surface area (Å²) in [6.07, 6.45) is 0.285. The van der Waals surface area contributed by atoms with E-state index in [1.54, 1.807) is 30.3 Å². The lowest BCUT2D eigenvalue weighted by atomic mass is 10.1. The van der Waals surface area contributed by atoms with Gasteiger partial charge in [-0.3, -0.25) is 4.72 Å². The van der Waals surface area contributed by atoms with Crippen LogP contribution in [0.2, 0.25) is 0 Å². The lowest BCUT2D eigenvalue weighted by molar-refractivity contribution is 0.172. The van der Waals surface area contributed by atoms with Crippen LogP contribution < -0.4 is 14.8 Å². The fourth-order valence-electron chi connectivity index (χ4n) is 3.57. The topological polar surface area (TPSA) is 103 Å². The molecule has 10 heteroatoms. The number of halogens is 2. The summed E-state index contributed by atoms with van der Waals surface area (Å²) < 4.78 is 44.3. The van der Waals surface area contributed by atoms with Crippen molar-refractivity contribution in [1.29, 1.82) is 0 Å². The van der Waals surface area contributed by atoms with Gasteiger partial charge in [0, 0.05) is 41.1 Å². The average Bonchev–Trinajstić information content (AvgIpc) is 3.08. The molecule has 0 fully saturated rings. The molecule has 1 atom stereocenters. The molecule has 1 aromatic heterocycles. The van der Waals surface area contributed by atoms with Crippen molar-refractivity contribution in [3.8, 4) is 5.75 Å². The molecule has 0 aliphatic rings. The third kappa shape index (κ3) is 6.35. The molecule has 0 saturated heterocycles. The maximum Gasteiger partial charge on any atom is 0.229 e. The van der Waals surface area contributed by atoms with Crippen molar-refractivity contribution in [3.63, 3.8) is 0 Å². The van der Waals surface area contributed by atoms with E-state index in [9.17, 15) is 17.9 Å². The minimum atomic E-state index is -3.38. The zero-order valence-corrected chi connectivity index (χ0v) is 19.5. The standard InChI is InChI=1S/C23H24FN3O4S.ClH/c1-32(29,30)27-17-4-2-3-15(11-17)23(28)14-25-9-10-31-18-6-8-20-19-7-5-16(24)12-21(19)26-22(20)13-18;/h2-8,11-13,23,25-28H,9-10,14H2,1H3;1H. The number of hydrogen-bond acceptors (Lipinski definition) is 5. The van der Waals surface area contributed by atoms with E-state index in [0.717, 1.165) is 28.1 Å². The number of benzene rings is 3. The van der Waals surface area contributed by atoms with Crippen molar-refractivity contribution in [2.75, 3.05) is 30.7 Å². The second kappa shape index (κ2) is 10.4. The molecule has 0 aliphatic heterocycles. The molecule has 1 heterocycles. The summed E-state index contributed by atoms with van der Waals surface area (Å²) in [6.45, 7) is 1.19. The molecular formula is C23H25ClFN3O4S. The van der Waals surface area contributed by atoms with Gasteiger partial charge in [-0.2, -0.15) is 0 Å². The summed E-state index contributed by atoms with van der Waals surface area (Å²) in [5, 5.41) is 15.4. The van der Waals surface area contributed by atoms with Gasteiger partial charge in [-0.25, -0.2) is 12.8 Å². The third-order valence-electron chi connectivity index (χ3n) is 4.99. The Kier molecular flexibility index (Phi) is 7.80. The normalized spacial score (nSPS) is 12.5. The second-order valence-corrected chi connectivity index (χ2v) is 9.34. The summed E-state index contributed by atoms with van der Waals surface area (Å²) in [4.78, 5) is 3.20. The Balaban J connectivity index is 0.00000306. The van der Waals surface area contributed by atoms with Crippen molar-refractivity contribution in [3.05, 3.63) is 72.0 Å². The van der Waals surface area contributed by atoms with E-state index in [4.69, 9.17) is 4.74 Å². The zero-order chi connectivity index (χ0) is 22.7. The summed E-state index contributed by atoms with van der Waals surface area (Å²) in [5.41, 5.74) is 2.62. The minimum Gasteiger partial charge on any atom is -0.492 e. The van der Waals surface area contributed by atoms with Crippen LogP contribution in [0.5, 0.6) is 5.75 Å². The van der Waals surface area contributed by atoms with Crippen LogP contribution in [0.1, 0.15) is 11.7 Å². The summed E-state index contributed by atoms with van der Waals surface area (Å²) in [7, 11) is -3.38. The molecule has 3 aromatic carbocycles. The average molecular weight is 494 g/mol. The first-order valence-corrected chi connectivity index (χ1v) is 12.0. The Labute approximate surface area is 197 Å². The minimum absolute atomic E-state index is 0. The molecule has 7 nitrogen and oxygen atoms in total. The molecule has 4 rings (SSSR count). The number of aliphatic hydroxyl groups excluding tert-OH is 1.